The molecule has 0 atom stereocenters. The molecule has 0 fully saturated rings. The molecule has 7 heteroatoms. The standard InChI is InChI=1S/C11H15N3O3S/c1-2-18(15,16)13-8-7-12-11-14-9-5-3-4-6-10(9)17-11/h3-6,13H,2,7-8H2,1H3,(H,12,14). The number of fused-ring (bicyclic) bond motifs is 1. The topological polar surface area (TPSA) is 84.2 Å². The maximum Gasteiger partial charge on any atom is 0.295 e. The number of rotatable bonds is 6. The second-order valence-electron chi connectivity index (χ2n) is 3.71. The first kappa shape index (κ1) is 12.8. The van der Waals surface area contributed by atoms with Gasteiger partial charge in [-0.1, -0.05) is 12.1 Å². The number of benzene rings is 1. The van der Waals surface area contributed by atoms with E-state index in [0.29, 0.717) is 24.7 Å². The third kappa shape index (κ3) is 3.21. The van der Waals surface area contributed by atoms with Gasteiger partial charge in [-0.05, 0) is 19.1 Å². The Morgan fingerprint density at radius 1 is 1.28 bits per heavy atom. The van der Waals surface area contributed by atoms with Crippen molar-refractivity contribution in [3.8, 4) is 0 Å². The summed E-state index contributed by atoms with van der Waals surface area (Å²) in [7, 11) is -3.14. The highest BCUT2D eigenvalue weighted by atomic mass is 32.2. The van der Waals surface area contributed by atoms with Crippen LogP contribution in [0.2, 0.25) is 0 Å². The van der Waals surface area contributed by atoms with Crippen molar-refractivity contribution in [1.29, 1.82) is 0 Å². The van der Waals surface area contributed by atoms with E-state index in [1.54, 1.807) is 6.92 Å². The van der Waals surface area contributed by atoms with E-state index in [2.05, 4.69) is 15.0 Å². The van der Waals surface area contributed by atoms with Crippen molar-refractivity contribution >= 4 is 27.1 Å². The van der Waals surface area contributed by atoms with Crippen molar-refractivity contribution in [2.75, 3.05) is 24.2 Å². The Kier molecular flexibility index (Phi) is 3.83. The molecular weight excluding hydrogens is 254 g/mol. The Bertz CT molecular complexity index is 588. The average Bonchev–Trinajstić information content (AvgIpc) is 2.77. The molecule has 2 rings (SSSR count). The zero-order chi connectivity index (χ0) is 13.0. The maximum atomic E-state index is 11.2. The van der Waals surface area contributed by atoms with E-state index in [1.807, 2.05) is 24.3 Å². The van der Waals surface area contributed by atoms with Gasteiger partial charge in [0, 0.05) is 13.1 Å². The van der Waals surface area contributed by atoms with Crippen LogP contribution in [0.1, 0.15) is 6.92 Å². The molecular formula is C11H15N3O3S. The molecule has 0 unspecified atom stereocenters. The van der Waals surface area contributed by atoms with Gasteiger partial charge >= 0.3 is 0 Å². The van der Waals surface area contributed by atoms with Gasteiger partial charge in [-0.2, -0.15) is 4.98 Å². The first-order valence-electron chi connectivity index (χ1n) is 5.67. The van der Waals surface area contributed by atoms with Gasteiger partial charge in [-0.15, -0.1) is 0 Å². The molecule has 0 saturated heterocycles. The predicted molar refractivity (Wildman–Crippen MR) is 70.0 cm³/mol. The van der Waals surface area contributed by atoms with Crippen LogP contribution in [-0.4, -0.2) is 32.2 Å². The lowest BCUT2D eigenvalue weighted by molar-refractivity contribution is 0.582. The number of sulfonamides is 1. The highest BCUT2D eigenvalue weighted by Gasteiger charge is 2.06. The van der Waals surface area contributed by atoms with Gasteiger partial charge in [-0.25, -0.2) is 13.1 Å². The summed E-state index contributed by atoms with van der Waals surface area (Å²) in [6.45, 7) is 2.32. The largest absolute Gasteiger partial charge is 0.424 e. The Morgan fingerprint density at radius 3 is 2.78 bits per heavy atom. The number of hydrogen-bond donors (Lipinski definition) is 2. The van der Waals surface area contributed by atoms with E-state index in [0.717, 1.165) is 5.52 Å². The summed E-state index contributed by atoms with van der Waals surface area (Å²) in [5.74, 6) is 0.0793. The SMILES string of the molecule is CCS(=O)(=O)NCCNc1nc2ccccc2o1. The first-order chi connectivity index (χ1) is 8.61. The fourth-order valence-corrected chi connectivity index (χ4v) is 2.04. The quantitative estimate of drug-likeness (QED) is 0.769. The molecule has 0 saturated carbocycles. The molecule has 18 heavy (non-hydrogen) atoms. The number of para-hydroxylation sites is 2. The second-order valence-corrected chi connectivity index (χ2v) is 5.81. The molecule has 1 heterocycles. The third-order valence-corrected chi connectivity index (χ3v) is 3.80. The number of hydrogen-bond acceptors (Lipinski definition) is 5. The molecule has 98 valence electrons. The van der Waals surface area contributed by atoms with Crippen LogP contribution in [0.15, 0.2) is 28.7 Å². The number of nitrogens with zero attached hydrogens (tertiary/aromatic N) is 1. The second kappa shape index (κ2) is 5.36. The van der Waals surface area contributed by atoms with E-state index in [4.69, 9.17) is 4.42 Å². The predicted octanol–water partition coefficient (Wildman–Crippen LogP) is 1.18. The number of aromatic nitrogens is 1. The molecule has 0 spiro atoms. The molecule has 1 aromatic carbocycles. The maximum absolute atomic E-state index is 11.2. The van der Waals surface area contributed by atoms with Gasteiger partial charge in [0.2, 0.25) is 10.0 Å². The minimum Gasteiger partial charge on any atom is -0.424 e. The van der Waals surface area contributed by atoms with Gasteiger partial charge < -0.3 is 9.73 Å². The number of nitrogens with one attached hydrogen (secondary N) is 2. The Morgan fingerprint density at radius 2 is 2.06 bits per heavy atom. The molecule has 1 aromatic heterocycles. The highest BCUT2D eigenvalue weighted by Crippen LogP contribution is 2.17. The molecule has 0 amide bonds. The van der Waals surface area contributed by atoms with E-state index in [9.17, 15) is 8.42 Å². The summed E-state index contributed by atoms with van der Waals surface area (Å²) in [6, 6.07) is 7.82. The van der Waals surface area contributed by atoms with Crippen molar-refractivity contribution in [3.05, 3.63) is 24.3 Å². The van der Waals surface area contributed by atoms with Gasteiger partial charge in [0.05, 0.1) is 5.75 Å². The fourth-order valence-electron chi connectivity index (χ4n) is 1.43. The molecule has 2 N–H and O–H groups in total. The zero-order valence-corrected chi connectivity index (χ0v) is 10.8. The lowest BCUT2D eigenvalue weighted by Gasteiger charge is -2.04. The van der Waals surface area contributed by atoms with Crippen molar-refractivity contribution < 1.29 is 12.8 Å². The summed E-state index contributed by atoms with van der Waals surface area (Å²) in [5.41, 5.74) is 1.48. The lowest BCUT2D eigenvalue weighted by Crippen LogP contribution is -2.30. The van der Waals surface area contributed by atoms with Crippen LogP contribution in [0.3, 0.4) is 0 Å². The summed E-state index contributed by atoms with van der Waals surface area (Å²) in [4.78, 5) is 4.21. The molecule has 2 aromatic rings. The summed E-state index contributed by atoms with van der Waals surface area (Å²) in [5, 5.41) is 2.93. The van der Waals surface area contributed by atoms with Crippen LogP contribution in [0.25, 0.3) is 11.1 Å². The monoisotopic (exact) mass is 269 g/mol. The lowest BCUT2D eigenvalue weighted by atomic mass is 10.3. The van der Waals surface area contributed by atoms with Crippen molar-refractivity contribution in [2.45, 2.75) is 6.92 Å². The summed E-state index contributed by atoms with van der Waals surface area (Å²) >= 11 is 0. The first-order valence-corrected chi connectivity index (χ1v) is 7.33. The number of anilines is 1. The van der Waals surface area contributed by atoms with Crippen LogP contribution < -0.4 is 10.0 Å². The Balaban J connectivity index is 1.87. The fraction of sp³-hybridized carbons (Fsp3) is 0.364. The van der Waals surface area contributed by atoms with Crippen LogP contribution >= 0.6 is 0 Å². The van der Waals surface area contributed by atoms with E-state index < -0.39 is 10.0 Å². The zero-order valence-electron chi connectivity index (χ0n) is 10.0. The molecule has 0 bridgehead atoms. The molecule has 6 nitrogen and oxygen atoms in total. The summed E-state index contributed by atoms with van der Waals surface area (Å²) in [6.07, 6.45) is 0. The van der Waals surface area contributed by atoms with E-state index in [1.165, 1.54) is 0 Å². The van der Waals surface area contributed by atoms with Gasteiger partial charge in [0.15, 0.2) is 5.58 Å². The van der Waals surface area contributed by atoms with Crippen molar-refractivity contribution in [3.63, 3.8) is 0 Å². The number of oxazole rings is 1. The molecule has 0 aliphatic rings. The normalized spacial score (nSPS) is 11.8. The Labute approximate surface area is 105 Å². The van der Waals surface area contributed by atoms with E-state index in [-0.39, 0.29) is 5.75 Å². The van der Waals surface area contributed by atoms with Gasteiger partial charge in [0.25, 0.3) is 6.01 Å². The molecule has 0 radical (unpaired) electrons. The smallest absolute Gasteiger partial charge is 0.295 e. The van der Waals surface area contributed by atoms with Crippen LogP contribution in [0.4, 0.5) is 6.01 Å². The minimum atomic E-state index is -3.14. The van der Waals surface area contributed by atoms with Gasteiger partial charge in [-0.3, -0.25) is 0 Å². The average molecular weight is 269 g/mol. The molecule has 0 aliphatic heterocycles. The minimum absolute atomic E-state index is 0.0793. The highest BCUT2D eigenvalue weighted by molar-refractivity contribution is 7.89. The summed E-state index contributed by atoms with van der Waals surface area (Å²) < 4.78 is 30.2. The van der Waals surface area contributed by atoms with E-state index >= 15 is 0 Å². The van der Waals surface area contributed by atoms with Crippen LogP contribution in [0, 0.1) is 0 Å². The van der Waals surface area contributed by atoms with Crippen molar-refractivity contribution in [1.82, 2.24) is 9.71 Å². The Hall–Kier alpha value is -1.60. The van der Waals surface area contributed by atoms with Crippen LogP contribution in [-0.2, 0) is 10.0 Å². The van der Waals surface area contributed by atoms with Gasteiger partial charge in [0.1, 0.15) is 5.52 Å². The molecule has 0 aliphatic carbocycles. The van der Waals surface area contributed by atoms with Crippen molar-refractivity contribution in [2.24, 2.45) is 0 Å². The van der Waals surface area contributed by atoms with Crippen LogP contribution in [0.5, 0.6) is 0 Å². The third-order valence-electron chi connectivity index (χ3n) is 2.40.